The highest BCUT2D eigenvalue weighted by Gasteiger charge is 2.31. The van der Waals surface area contributed by atoms with Gasteiger partial charge in [0.1, 0.15) is 17.5 Å². The van der Waals surface area contributed by atoms with E-state index in [-0.39, 0.29) is 33.1 Å². The monoisotopic (exact) mass is 475 g/mol. The molecular formula is C19H11Cl3F3N3O2. The molecule has 0 aliphatic carbocycles. The molecule has 2 heterocycles. The molecule has 156 valence electrons. The first-order valence-corrected chi connectivity index (χ1v) is 9.34. The quantitative estimate of drug-likeness (QED) is 0.440. The predicted octanol–water partition coefficient (Wildman–Crippen LogP) is 6.29. The molecule has 2 aromatic heterocycles. The third-order valence-electron chi connectivity index (χ3n) is 3.80. The summed E-state index contributed by atoms with van der Waals surface area (Å²) in [4.78, 5) is 19.8. The molecule has 1 amide bonds. The highest BCUT2D eigenvalue weighted by molar-refractivity contribution is 6.36. The summed E-state index contributed by atoms with van der Waals surface area (Å²) in [5.74, 6) is -0.0736. The van der Waals surface area contributed by atoms with Crippen LogP contribution in [0.15, 0.2) is 48.8 Å². The molecule has 0 radical (unpaired) electrons. The smallest absolute Gasteiger partial charge is 0.417 e. The molecule has 30 heavy (non-hydrogen) atoms. The lowest BCUT2D eigenvalue weighted by Crippen LogP contribution is -2.12. The third-order valence-corrected chi connectivity index (χ3v) is 4.64. The number of halogens is 6. The minimum Gasteiger partial charge on any atom is -0.487 e. The van der Waals surface area contributed by atoms with Crippen LogP contribution < -0.4 is 10.1 Å². The zero-order valence-corrected chi connectivity index (χ0v) is 17.1. The lowest BCUT2D eigenvalue weighted by atomic mass is 10.2. The Bertz CT molecular complexity index is 1080. The van der Waals surface area contributed by atoms with E-state index in [1.54, 1.807) is 24.3 Å². The van der Waals surface area contributed by atoms with Crippen LogP contribution in [-0.2, 0) is 12.8 Å². The van der Waals surface area contributed by atoms with Crippen LogP contribution in [0.4, 0.5) is 18.9 Å². The molecule has 0 aliphatic heterocycles. The summed E-state index contributed by atoms with van der Waals surface area (Å²) in [6.45, 7) is -0.130. The number of nitrogens with one attached hydrogen (secondary N) is 1. The fourth-order valence-electron chi connectivity index (χ4n) is 2.29. The Morgan fingerprint density at radius 1 is 1.00 bits per heavy atom. The molecule has 1 N–H and O–H groups in total. The Kier molecular flexibility index (Phi) is 6.70. The number of hydrogen-bond donors (Lipinski definition) is 1. The van der Waals surface area contributed by atoms with E-state index in [2.05, 4.69) is 15.3 Å². The average Bonchev–Trinajstić information content (AvgIpc) is 2.67. The van der Waals surface area contributed by atoms with Crippen LogP contribution >= 0.6 is 34.8 Å². The minimum absolute atomic E-state index is 0.130. The van der Waals surface area contributed by atoms with Crippen molar-refractivity contribution in [1.29, 1.82) is 0 Å². The van der Waals surface area contributed by atoms with Gasteiger partial charge in [0.15, 0.2) is 0 Å². The van der Waals surface area contributed by atoms with Crippen molar-refractivity contribution >= 4 is 46.4 Å². The summed E-state index contributed by atoms with van der Waals surface area (Å²) < 4.78 is 43.4. The molecule has 1 aromatic carbocycles. The normalized spacial score (nSPS) is 11.3. The fourth-order valence-corrected chi connectivity index (χ4v) is 2.96. The molecule has 0 saturated heterocycles. The summed E-state index contributed by atoms with van der Waals surface area (Å²) >= 11 is 17.5. The number of amides is 1. The van der Waals surface area contributed by atoms with Crippen LogP contribution in [-0.4, -0.2) is 15.9 Å². The van der Waals surface area contributed by atoms with Crippen molar-refractivity contribution in [3.8, 4) is 5.75 Å². The van der Waals surface area contributed by atoms with Gasteiger partial charge in [0.25, 0.3) is 5.91 Å². The lowest BCUT2D eigenvalue weighted by molar-refractivity contribution is -0.137. The van der Waals surface area contributed by atoms with E-state index >= 15 is 0 Å². The number of alkyl halides is 3. The SMILES string of the molecule is O=C(Nc1ccc(OCc2ncc(C(F)(F)F)cc2Cl)cc1)c1cnc(Cl)cc1Cl. The topological polar surface area (TPSA) is 64.1 Å². The van der Waals surface area contributed by atoms with Gasteiger partial charge in [0.2, 0.25) is 0 Å². The van der Waals surface area contributed by atoms with Gasteiger partial charge in [-0.05, 0) is 36.4 Å². The van der Waals surface area contributed by atoms with Crippen molar-refractivity contribution in [3.05, 3.63) is 80.8 Å². The van der Waals surface area contributed by atoms with E-state index in [4.69, 9.17) is 39.5 Å². The number of carbonyl (C=O) groups is 1. The number of pyridine rings is 2. The summed E-state index contributed by atoms with van der Waals surface area (Å²) in [6.07, 6.45) is -2.57. The van der Waals surface area contributed by atoms with Crippen molar-refractivity contribution in [2.75, 3.05) is 5.32 Å². The molecule has 3 aromatic rings. The first-order valence-electron chi connectivity index (χ1n) is 8.20. The molecule has 0 aliphatic rings. The van der Waals surface area contributed by atoms with Gasteiger partial charge in [-0.25, -0.2) is 4.98 Å². The third kappa shape index (κ3) is 5.53. The van der Waals surface area contributed by atoms with E-state index in [1.807, 2.05) is 0 Å². The molecule has 0 spiro atoms. The Labute approximate surface area is 183 Å². The molecule has 0 fully saturated rings. The number of nitrogens with zero attached hydrogens (tertiary/aromatic N) is 2. The van der Waals surface area contributed by atoms with E-state index in [0.29, 0.717) is 17.6 Å². The Morgan fingerprint density at radius 2 is 1.70 bits per heavy atom. The maximum absolute atomic E-state index is 12.7. The molecule has 0 unspecified atom stereocenters. The number of anilines is 1. The van der Waals surface area contributed by atoms with Crippen molar-refractivity contribution in [2.45, 2.75) is 12.8 Å². The fraction of sp³-hybridized carbons (Fsp3) is 0.105. The number of rotatable bonds is 5. The van der Waals surface area contributed by atoms with Gasteiger partial charge in [-0.15, -0.1) is 0 Å². The standard InChI is InChI=1S/C19H11Cl3F3N3O2/c20-14-6-17(22)27-8-13(14)18(29)28-11-1-3-12(4-2-11)30-9-16-15(21)5-10(7-26-16)19(23,24)25/h1-8H,9H2,(H,28,29). The predicted molar refractivity (Wildman–Crippen MR) is 107 cm³/mol. The van der Waals surface area contributed by atoms with Crippen LogP contribution in [0.5, 0.6) is 5.75 Å². The molecule has 5 nitrogen and oxygen atoms in total. The Balaban J connectivity index is 1.61. The second kappa shape index (κ2) is 9.07. The van der Waals surface area contributed by atoms with E-state index in [9.17, 15) is 18.0 Å². The van der Waals surface area contributed by atoms with Gasteiger partial charge in [0, 0.05) is 18.1 Å². The van der Waals surface area contributed by atoms with Crippen LogP contribution in [0.2, 0.25) is 15.2 Å². The first-order chi connectivity index (χ1) is 14.1. The average molecular weight is 477 g/mol. The number of benzene rings is 1. The zero-order valence-electron chi connectivity index (χ0n) is 14.8. The van der Waals surface area contributed by atoms with Crippen LogP contribution in [0.25, 0.3) is 0 Å². The second-order valence-corrected chi connectivity index (χ2v) is 7.11. The highest BCUT2D eigenvalue weighted by atomic mass is 35.5. The molecular weight excluding hydrogens is 466 g/mol. The van der Waals surface area contributed by atoms with Crippen molar-refractivity contribution in [1.82, 2.24) is 9.97 Å². The molecule has 0 saturated carbocycles. The highest BCUT2D eigenvalue weighted by Crippen LogP contribution is 2.31. The summed E-state index contributed by atoms with van der Waals surface area (Å²) in [5.41, 5.74) is -0.160. The second-order valence-electron chi connectivity index (χ2n) is 5.90. The van der Waals surface area contributed by atoms with E-state index < -0.39 is 17.6 Å². The molecule has 3 rings (SSSR count). The maximum atomic E-state index is 12.7. The van der Waals surface area contributed by atoms with E-state index in [1.165, 1.54) is 12.3 Å². The largest absolute Gasteiger partial charge is 0.487 e. The Morgan fingerprint density at radius 3 is 2.30 bits per heavy atom. The van der Waals surface area contributed by atoms with Crippen LogP contribution in [0.1, 0.15) is 21.6 Å². The lowest BCUT2D eigenvalue weighted by Gasteiger charge is -2.11. The van der Waals surface area contributed by atoms with Gasteiger partial charge in [-0.2, -0.15) is 13.2 Å². The molecule has 0 atom stereocenters. The van der Waals surface area contributed by atoms with Crippen molar-refractivity contribution < 1.29 is 22.7 Å². The van der Waals surface area contributed by atoms with Gasteiger partial charge in [-0.1, -0.05) is 34.8 Å². The first kappa shape index (κ1) is 22.1. The number of aromatic nitrogens is 2. The van der Waals surface area contributed by atoms with E-state index in [0.717, 1.165) is 6.07 Å². The maximum Gasteiger partial charge on any atom is 0.417 e. The molecule has 0 bridgehead atoms. The van der Waals surface area contributed by atoms with Crippen LogP contribution in [0, 0.1) is 0 Å². The van der Waals surface area contributed by atoms with Gasteiger partial charge in [0.05, 0.1) is 26.9 Å². The number of carbonyl (C=O) groups excluding carboxylic acids is 1. The minimum atomic E-state index is -4.53. The zero-order chi connectivity index (χ0) is 21.9. The summed E-state index contributed by atoms with van der Waals surface area (Å²) in [7, 11) is 0. The molecule has 11 heteroatoms. The van der Waals surface area contributed by atoms with Gasteiger partial charge >= 0.3 is 6.18 Å². The Hall–Kier alpha value is -2.55. The summed E-state index contributed by atoms with van der Waals surface area (Å²) in [5, 5.41) is 2.82. The summed E-state index contributed by atoms with van der Waals surface area (Å²) in [6, 6.07) is 8.43. The number of ether oxygens (including phenoxy) is 1. The van der Waals surface area contributed by atoms with Gasteiger partial charge < -0.3 is 10.1 Å². The van der Waals surface area contributed by atoms with Crippen molar-refractivity contribution in [2.24, 2.45) is 0 Å². The van der Waals surface area contributed by atoms with Gasteiger partial charge in [-0.3, -0.25) is 9.78 Å². The van der Waals surface area contributed by atoms with Crippen LogP contribution in [0.3, 0.4) is 0 Å². The van der Waals surface area contributed by atoms with Crippen molar-refractivity contribution in [3.63, 3.8) is 0 Å². The number of hydrogen-bond acceptors (Lipinski definition) is 4.